The van der Waals surface area contributed by atoms with Crippen LogP contribution >= 0.6 is 0 Å². The van der Waals surface area contributed by atoms with Crippen LogP contribution in [-0.2, 0) is 23.1 Å². The zero-order valence-corrected chi connectivity index (χ0v) is 18.5. The lowest BCUT2D eigenvalue weighted by Gasteiger charge is -2.29. The van der Waals surface area contributed by atoms with E-state index in [1.807, 2.05) is 49.1 Å². The molecule has 0 fully saturated rings. The van der Waals surface area contributed by atoms with Gasteiger partial charge in [0.1, 0.15) is 5.75 Å². The first kappa shape index (κ1) is 22.9. The molecule has 0 aromatic heterocycles. The van der Waals surface area contributed by atoms with Gasteiger partial charge in [0, 0.05) is 18.2 Å². The fourth-order valence-electron chi connectivity index (χ4n) is 3.08. The molecule has 1 unspecified atom stereocenters. The maximum absolute atomic E-state index is 13.2. The minimum atomic E-state index is -3.59. The third-order valence-electron chi connectivity index (χ3n) is 4.90. The molecule has 0 spiro atoms. The number of unbranched alkanes of at least 4 members (excludes halogenated alkanes) is 1. The second-order valence-electron chi connectivity index (χ2n) is 7.43. The molecule has 0 N–H and O–H groups in total. The molecule has 0 aliphatic carbocycles. The second-order valence-corrected chi connectivity index (χ2v) is 9.00. The van der Waals surface area contributed by atoms with Crippen LogP contribution in [0.25, 0.3) is 0 Å². The fraction of sp³-hybridized carbons (Fsp3) is 0.435. The average Bonchev–Trinajstić information content (AvgIpc) is 2.69. The largest absolute Gasteiger partial charge is 0.383 e. The monoisotopic (exact) mass is 417 g/mol. The summed E-state index contributed by atoms with van der Waals surface area (Å²) < 4.78 is 27.7. The third kappa shape index (κ3) is 7.20. The van der Waals surface area contributed by atoms with Crippen molar-refractivity contribution in [2.24, 2.45) is 0 Å². The molecule has 0 aliphatic heterocycles. The van der Waals surface area contributed by atoms with Crippen molar-refractivity contribution >= 4 is 16.0 Å². The van der Waals surface area contributed by atoms with Gasteiger partial charge in [-0.25, -0.2) is 0 Å². The normalized spacial score (nSPS) is 12.4. The maximum Gasteiger partial charge on any atom is 0.306 e. The summed E-state index contributed by atoms with van der Waals surface area (Å²) in [4.78, 5) is 15.0. The van der Waals surface area contributed by atoms with Gasteiger partial charge in [-0.1, -0.05) is 44.5 Å². The lowest BCUT2D eigenvalue weighted by Crippen LogP contribution is -2.37. The van der Waals surface area contributed by atoms with Crippen molar-refractivity contribution in [3.63, 3.8) is 0 Å². The van der Waals surface area contributed by atoms with Crippen LogP contribution in [0.15, 0.2) is 48.5 Å². The van der Waals surface area contributed by atoms with Crippen molar-refractivity contribution in [3.8, 4) is 5.75 Å². The number of benzene rings is 2. The summed E-state index contributed by atoms with van der Waals surface area (Å²) in [7, 11) is -3.59. The lowest BCUT2D eigenvalue weighted by molar-refractivity contribution is 0.0671. The molecule has 29 heavy (non-hydrogen) atoms. The van der Waals surface area contributed by atoms with E-state index in [1.54, 1.807) is 18.2 Å². The number of aryl methyl sites for hydroxylation is 1. The molecular weight excluding hydrogens is 386 g/mol. The van der Waals surface area contributed by atoms with E-state index in [-0.39, 0.29) is 17.7 Å². The number of nitrogens with zero attached hydrogens (tertiary/aromatic N) is 1. The van der Waals surface area contributed by atoms with Gasteiger partial charge in [-0.05, 0) is 61.6 Å². The molecule has 1 atom stereocenters. The summed E-state index contributed by atoms with van der Waals surface area (Å²) in [5.74, 6) is 0.220. The minimum absolute atomic E-state index is 0.0316. The van der Waals surface area contributed by atoms with Gasteiger partial charge < -0.3 is 9.08 Å². The Morgan fingerprint density at radius 1 is 1.07 bits per heavy atom. The van der Waals surface area contributed by atoms with Crippen LogP contribution in [0, 0.1) is 0 Å². The number of carbonyl (C=O) groups is 1. The topological polar surface area (TPSA) is 63.7 Å². The number of hydrogen-bond acceptors (Lipinski definition) is 4. The lowest BCUT2D eigenvalue weighted by atomic mass is 10.0. The summed E-state index contributed by atoms with van der Waals surface area (Å²) >= 11 is 0. The van der Waals surface area contributed by atoms with Crippen LogP contribution in [0.1, 0.15) is 61.5 Å². The molecule has 2 aromatic rings. The van der Waals surface area contributed by atoms with Gasteiger partial charge in [0.05, 0.1) is 6.26 Å². The molecule has 0 heterocycles. The summed E-state index contributed by atoms with van der Waals surface area (Å²) in [5, 5.41) is 0. The number of rotatable bonds is 10. The number of carbonyl (C=O) groups excluding carboxylic acids is 1. The molecule has 0 aliphatic rings. The quantitative estimate of drug-likeness (QED) is 0.521. The van der Waals surface area contributed by atoms with E-state index in [2.05, 4.69) is 6.92 Å². The molecular formula is C23H31NO4S. The van der Waals surface area contributed by atoms with Gasteiger partial charge in [-0.2, -0.15) is 8.42 Å². The number of amides is 1. The standard InChI is InChI=1S/C23H31NO4S/c1-5-7-9-19-12-14-21(15-13-19)23(25)24(18(3)6-2)17-20-10-8-11-22(16-20)28-29(4,26)27/h8,10-16,18H,5-7,9,17H2,1-4H3. The smallest absolute Gasteiger partial charge is 0.306 e. The Morgan fingerprint density at radius 2 is 1.76 bits per heavy atom. The molecule has 5 nitrogen and oxygen atoms in total. The van der Waals surface area contributed by atoms with Crippen molar-refractivity contribution in [3.05, 3.63) is 65.2 Å². The first-order chi connectivity index (χ1) is 13.7. The highest BCUT2D eigenvalue weighted by molar-refractivity contribution is 7.86. The molecule has 0 saturated carbocycles. The van der Waals surface area contributed by atoms with E-state index in [1.165, 1.54) is 5.56 Å². The molecule has 0 bridgehead atoms. The molecule has 0 saturated heterocycles. The van der Waals surface area contributed by atoms with Gasteiger partial charge in [-0.3, -0.25) is 4.79 Å². The van der Waals surface area contributed by atoms with Crippen LogP contribution in [-0.4, -0.2) is 31.5 Å². The fourth-order valence-corrected chi connectivity index (χ4v) is 3.53. The Labute approximate surface area is 174 Å². The molecule has 2 aromatic carbocycles. The molecule has 1 amide bonds. The SMILES string of the molecule is CCCCc1ccc(C(=O)N(Cc2cccc(OS(C)(=O)=O)c2)C(C)CC)cc1. The second kappa shape index (κ2) is 10.4. The van der Waals surface area contributed by atoms with Gasteiger partial charge in [0.15, 0.2) is 0 Å². The Hall–Kier alpha value is -2.34. The first-order valence-electron chi connectivity index (χ1n) is 10.1. The highest BCUT2D eigenvalue weighted by atomic mass is 32.2. The zero-order valence-electron chi connectivity index (χ0n) is 17.7. The van der Waals surface area contributed by atoms with Crippen molar-refractivity contribution in [2.45, 2.75) is 59.0 Å². The summed E-state index contributed by atoms with van der Waals surface area (Å²) in [6, 6.07) is 14.7. The van der Waals surface area contributed by atoms with E-state index in [4.69, 9.17) is 4.18 Å². The Morgan fingerprint density at radius 3 is 2.34 bits per heavy atom. The van der Waals surface area contributed by atoms with E-state index in [0.29, 0.717) is 12.1 Å². The third-order valence-corrected chi connectivity index (χ3v) is 5.40. The predicted molar refractivity (Wildman–Crippen MR) is 117 cm³/mol. The first-order valence-corrected chi connectivity index (χ1v) is 11.9. The Balaban J connectivity index is 2.21. The van der Waals surface area contributed by atoms with Gasteiger partial charge in [-0.15, -0.1) is 0 Å². The Kier molecular flexibility index (Phi) is 8.26. The van der Waals surface area contributed by atoms with E-state index in [0.717, 1.165) is 37.5 Å². The zero-order chi connectivity index (χ0) is 21.4. The minimum Gasteiger partial charge on any atom is -0.383 e. The summed E-state index contributed by atoms with van der Waals surface area (Å²) in [5.41, 5.74) is 2.72. The van der Waals surface area contributed by atoms with E-state index >= 15 is 0 Å². The molecule has 6 heteroatoms. The molecule has 2 rings (SSSR count). The van der Waals surface area contributed by atoms with Crippen LogP contribution in [0.5, 0.6) is 5.75 Å². The highest BCUT2D eigenvalue weighted by Gasteiger charge is 2.21. The van der Waals surface area contributed by atoms with E-state index in [9.17, 15) is 13.2 Å². The Bertz CT molecular complexity index is 907. The maximum atomic E-state index is 13.2. The van der Waals surface area contributed by atoms with Gasteiger partial charge in [0.2, 0.25) is 0 Å². The molecule has 0 radical (unpaired) electrons. The van der Waals surface area contributed by atoms with Crippen molar-refractivity contribution in [1.29, 1.82) is 0 Å². The van der Waals surface area contributed by atoms with Crippen LogP contribution in [0.4, 0.5) is 0 Å². The molecule has 158 valence electrons. The van der Waals surface area contributed by atoms with Crippen LogP contribution in [0.2, 0.25) is 0 Å². The van der Waals surface area contributed by atoms with Crippen LogP contribution in [0.3, 0.4) is 0 Å². The van der Waals surface area contributed by atoms with Gasteiger partial charge >= 0.3 is 10.1 Å². The van der Waals surface area contributed by atoms with Crippen molar-refractivity contribution in [1.82, 2.24) is 4.90 Å². The van der Waals surface area contributed by atoms with Crippen LogP contribution < -0.4 is 4.18 Å². The summed E-state index contributed by atoms with van der Waals surface area (Å²) in [6.07, 6.45) is 5.13. The van der Waals surface area contributed by atoms with Crippen molar-refractivity contribution < 1.29 is 17.4 Å². The highest BCUT2D eigenvalue weighted by Crippen LogP contribution is 2.20. The summed E-state index contributed by atoms with van der Waals surface area (Å²) in [6.45, 7) is 6.61. The average molecular weight is 418 g/mol. The predicted octanol–water partition coefficient (Wildman–Crippen LogP) is 4.81. The van der Waals surface area contributed by atoms with Crippen molar-refractivity contribution in [2.75, 3.05) is 6.26 Å². The number of hydrogen-bond donors (Lipinski definition) is 0. The van der Waals surface area contributed by atoms with Gasteiger partial charge in [0.25, 0.3) is 5.91 Å². The van der Waals surface area contributed by atoms with E-state index < -0.39 is 10.1 Å².